The van der Waals surface area contributed by atoms with Gasteiger partial charge in [-0.25, -0.2) is 5.01 Å². The molecular weight excluding hydrogens is 198 g/mol. The van der Waals surface area contributed by atoms with Crippen molar-refractivity contribution in [3.8, 4) is 0 Å². The van der Waals surface area contributed by atoms with Crippen LogP contribution in [0.4, 0.5) is 0 Å². The Morgan fingerprint density at radius 2 is 2.00 bits per heavy atom. The number of likely N-dealkylation sites (N-methyl/N-ethyl adjacent to an activating group) is 1. The number of hydrazine groups is 1. The molecule has 7 heteroatoms. The van der Waals surface area contributed by atoms with Crippen LogP contribution in [0, 0.1) is 0 Å². The van der Waals surface area contributed by atoms with Crippen molar-refractivity contribution in [2.45, 2.75) is 19.4 Å². The van der Waals surface area contributed by atoms with Crippen LogP contribution in [-0.4, -0.2) is 42.5 Å². The molecule has 0 aliphatic rings. The van der Waals surface area contributed by atoms with Gasteiger partial charge in [0.1, 0.15) is 6.04 Å². The minimum atomic E-state index is -0.723. The van der Waals surface area contributed by atoms with Gasteiger partial charge in [-0.3, -0.25) is 15.0 Å². The standard InChI is InChI=1S/C8H19N5O2/c1-2-13(12-4-3-9)6(8(11)15)5-7(10)14/h6,12H,2-5,9H2,1H3,(H2,10,14)(H2,11,15)/t6-/m0/s1. The summed E-state index contributed by atoms with van der Waals surface area (Å²) < 4.78 is 0. The van der Waals surface area contributed by atoms with Crippen molar-refractivity contribution in [2.24, 2.45) is 17.2 Å². The zero-order valence-electron chi connectivity index (χ0n) is 8.90. The monoisotopic (exact) mass is 217 g/mol. The van der Waals surface area contributed by atoms with E-state index in [0.29, 0.717) is 19.6 Å². The van der Waals surface area contributed by atoms with Crippen molar-refractivity contribution >= 4 is 11.8 Å². The predicted molar refractivity (Wildman–Crippen MR) is 56.2 cm³/mol. The van der Waals surface area contributed by atoms with E-state index in [1.807, 2.05) is 6.92 Å². The number of hydrogen-bond acceptors (Lipinski definition) is 5. The van der Waals surface area contributed by atoms with E-state index in [2.05, 4.69) is 5.43 Å². The summed E-state index contributed by atoms with van der Waals surface area (Å²) in [6.45, 7) is 3.30. The zero-order chi connectivity index (χ0) is 11.8. The van der Waals surface area contributed by atoms with Gasteiger partial charge in [0.05, 0.1) is 6.42 Å². The van der Waals surface area contributed by atoms with Crippen molar-refractivity contribution in [1.29, 1.82) is 0 Å². The maximum absolute atomic E-state index is 11.1. The van der Waals surface area contributed by atoms with Gasteiger partial charge in [-0.2, -0.15) is 0 Å². The second kappa shape index (κ2) is 7.16. The van der Waals surface area contributed by atoms with Gasteiger partial charge in [-0.05, 0) is 0 Å². The lowest BCUT2D eigenvalue weighted by atomic mass is 10.2. The number of carbonyl (C=O) groups is 2. The summed E-state index contributed by atoms with van der Waals surface area (Å²) in [6, 6.07) is -0.723. The van der Waals surface area contributed by atoms with Crippen LogP contribution in [0.25, 0.3) is 0 Å². The minimum Gasteiger partial charge on any atom is -0.370 e. The number of primary amides is 2. The number of carbonyl (C=O) groups excluding carboxylic acids is 2. The summed E-state index contributed by atoms with van der Waals surface area (Å²) in [5, 5.41) is 1.57. The molecule has 0 rings (SSSR count). The van der Waals surface area contributed by atoms with Gasteiger partial charge in [0.25, 0.3) is 0 Å². The lowest BCUT2D eigenvalue weighted by Crippen LogP contribution is -2.54. The Bertz CT molecular complexity index is 221. The van der Waals surface area contributed by atoms with Gasteiger partial charge in [0.15, 0.2) is 0 Å². The first-order valence-corrected chi connectivity index (χ1v) is 4.80. The molecule has 0 aliphatic heterocycles. The normalized spacial score (nSPS) is 12.7. The molecule has 0 aromatic heterocycles. The number of nitrogens with zero attached hydrogens (tertiary/aromatic N) is 1. The Labute approximate surface area is 88.9 Å². The summed E-state index contributed by atoms with van der Waals surface area (Å²) in [7, 11) is 0. The molecule has 0 saturated heterocycles. The summed E-state index contributed by atoms with van der Waals surface area (Å²) in [4.78, 5) is 21.8. The summed E-state index contributed by atoms with van der Waals surface area (Å²) >= 11 is 0. The van der Waals surface area contributed by atoms with Crippen molar-refractivity contribution < 1.29 is 9.59 Å². The Morgan fingerprint density at radius 1 is 1.40 bits per heavy atom. The first-order chi connectivity index (χ1) is 7.02. The lowest BCUT2D eigenvalue weighted by molar-refractivity contribution is -0.129. The summed E-state index contributed by atoms with van der Waals surface area (Å²) in [5.41, 5.74) is 18.4. The fraction of sp³-hybridized carbons (Fsp3) is 0.750. The molecule has 1 atom stereocenters. The van der Waals surface area contributed by atoms with Crippen LogP contribution in [0.1, 0.15) is 13.3 Å². The molecule has 0 aliphatic carbocycles. The van der Waals surface area contributed by atoms with Crippen molar-refractivity contribution in [3.05, 3.63) is 0 Å². The molecular formula is C8H19N5O2. The topological polar surface area (TPSA) is 127 Å². The van der Waals surface area contributed by atoms with Crippen LogP contribution in [0.2, 0.25) is 0 Å². The minimum absolute atomic E-state index is 0.0965. The highest BCUT2D eigenvalue weighted by molar-refractivity contribution is 5.86. The maximum atomic E-state index is 11.1. The molecule has 0 radical (unpaired) electrons. The molecule has 0 aromatic rings. The fourth-order valence-corrected chi connectivity index (χ4v) is 1.21. The van der Waals surface area contributed by atoms with Crippen LogP contribution < -0.4 is 22.6 Å². The first-order valence-electron chi connectivity index (χ1n) is 4.80. The zero-order valence-corrected chi connectivity index (χ0v) is 8.90. The highest BCUT2D eigenvalue weighted by atomic mass is 16.2. The quantitative estimate of drug-likeness (QED) is 0.334. The number of nitrogens with two attached hydrogens (primary N) is 3. The molecule has 7 N–H and O–H groups in total. The van der Waals surface area contributed by atoms with Crippen LogP contribution in [-0.2, 0) is 9.59 Å². The molecule has 0 unspecified atom stereocenters. The lowest BCUT2D eigenvalue weighted by Gasteiger charge is -2.27. The van der Waals surface area contributed by atoms with E-state index in [9.17, 15) is 9.59 Å². The third kappa shape index (κ3) is 5.31. The molecule has 2 amide bonds. The molecule has 0 saturated carbocycles. The SMILES string of the molecule is CCN(NCCN)[C@@H](CC(N)=O)C(N)=O. The van der Waals surface area contributed by atoms with Crippen LogP contribution in [0.15, 0.2) is 0 Å². The molecule has 0 bridgehead atoms. The van der Waals surface area contributed by atoms with E-state index in [-0.39, 0.29) is 6.42 Å². The van der Waals surface area contributed by atoms with E-state index in [0.717, 1.165) is 0 Å². The number of nitrogens with one attached hydrogen (secondary N) is 1. The number of amides is 2. The third-order valence-electron chi connectivity index (χ3n) is 1.90. The Hall–Kier alpha value is -1.18. The van der Waals surface area contributed by atoms with Crippen LogP contribution in [0.5, 0.6) is 0 Å². The smallest absolute Gasteiger partial charge is 0.236 e. The Balaban J connectivity index is 4.40. The van der Waals surface area contributed by atoms with Gasteiger partial charge in [0.2, 0.25) is 11.8 Å². The van der Waals surface area contributed by atoms with Gasteiger partial charge in [-0.15, -0.1) is 0 Å². The predicted octanol–water partition coefficient (Wildman–Crippen LogP) is -2.50. The second-order valence-corrected chi connectivity index (χ2v) is 3.07. The van der Waals surface area contributed by atoms with Gasteiger partial charge >= 0.3 is 0 Å². The number of hydrogen-bond donors (Lipinski definition) is 4. The van der Waals surface area contributed by atoms with Crippen LogP contribution in [0.3, 0.4) is 0 Å². The highest BCUT2D eigenvalue weighted by Crippen LogP contribution is 2.00. The van der Waals surface area contributed by atoms with E-state index in [1.54, 1.807) is 5.01 Å². The average molecular weight is 217 g/mol. The van der Waals surface area contributed by atoms with Crippen molar-refractivity contribution in [3.63, 3.8) is 0 Å². The summed E-state index contributed by atoms with van der Waals surface area (Å²) in [5.74, 6) is -1.15. The summed E-state index contributed by atoms with van der Waals surface area (Å²) in [6.07, 6.45) is -0.0965. The first kappa shape index (κ1) is 13.8. The largest absolute Gasteiger partial charge is 0.370 e. The number of rotatable bonds is 8. The molecule has 15 heavy (non-hydrogen) atoms. The van der Waals surface area contributed by atoms with E-state index < -0.39 is 17.9 Å². The maximum Gasteiger partial charge on any atom is 0.236 e. The van der Waals surface area contributed by atoms with E-state index in [4.69, 9.17) is 17.2 Å². The Kier molecular flexibility index (Phi) is 6.59. The second-order valence-electron chi connectivity index (χ2n) is 3.07. The molecule has 0 spiro atoms. The highest BCUT2D eigenvalue weighted by Gasteiger charge is 2.24. The van der Waals surface area contributed by atoms with Crippen molar-refractivity contribution in [2.75, 3.05) is 19.6 Å². The molecule has 7 nitrogen and oxygen atoms in total. The molecule has 0 fully saturated rings. The third-order valence-corrected chi connectivity index (χ3v) is 1.90. The van der Waals surface area contributed by atoms with Gasteiger partial charge in [-0.1, -0.05) is 6.92 Å². The molecule has 0 heterocycles. The molecule has 88 valence electrons. The van der Waals surface area contributed by atoms with Crippen LogP contribution >= 0.6 is 0 Å². The van der Waals surface area contributed by atoms with E-state index >= 15 is 0 Å². The van der Waals surface area contributed by atoms with E-state index in [1.165, 1.54) is 0 Å². The molecule has 0 aromatic carbocycles. The Morgan fingerprint density at radius 3 is 2.33 bits per heavy atom. The van der Waals surface area contributed by atoms with Crippen molar-refractivity contribution in [1.82, 2.24) is 10.4 Å². The van der Waals surface area contributed by atoms with Gasteiger partial charge < -0.3 is 17.2 Å². The average Bonchev–Trinajstić information content (AvgIpc) is 2.16. The van der Waals surface area contributed by atoms with Gasteiger partial charge in [0, 0.05) is 19.6 Å². The fourth-order valence-electron chi connectivity index (χ4n) is 1.21.